The van der Waals surface area contributed by atoms with E-state index in [4.69, 9.17) is 14.2 Å². The summed E-state index contributed by atoms with van der Waals surface area (Å²) in [6.45, 7) is 6.83. The smallest absolute Gasteiger partial charge is 0.208 e. The molecule has 0 saturated heterocycles. The lowest BCUT2D eigenvalue weighted by Crippen LogP contribution is -2.37. The average Bonchev–Trinajstić information content (AvgIpc) is 3.36. The molecule has 4 rings (SSSR count). The summed E-state index contributed by atoms with van der Waals surface area (Å²) in [6.07, 6.45) is 1.43. The second kappa shape index (κ2) is 12.1. The number of ether oxygens (including phenoxy) is 3. The van der Waals surface area contributed by atoms with E-state index in [1.165, 1.54) is 0 Å². The Balaban J connectivity index is 1.48. The molecule has 3 aromatic carbocycles. The van der Waals surface area contributed by atoms with Gasteiger partial charge in [-0.1, -0.05) is 45.0 Å². The van der Waals surface area contributed by atoms with E-state index in [9.17, 15) is 8.42 Å². The maximum absolute atomic E-state index is 13.8. The Bertz CT molecular complexity index is 1510. The molecule has 0 aliphatic carbocycles. The summed E-state index contributed by atoms with van der Waals surface area (Å²) in [5.41, 5.74) is 2.68. The van der Waals surface area contributed by atoms with Crippen LogP contribution in [0, 0.1) is 0 Å². The number of nitrogens with zero attached hydrogens (tertiary/aromatic N) is 1. The first-order valence-corrected chi connectivity index (χ1v) is 14.7. The summed E-state index contributed by atoms with van der Waals surface area (Å²) in [7, 11) is 1.55. The highest BCUT2D eigenvalue weighted by molar-refractivity contribution is 7.91. The van der Waals surface area contributed by atoms with Crippen molar-refractivity contribution in [1.29, 1.82) is 0 Å². The SMILES string of the molecule is CCC(Oc1ccc(S(=O)(=O)c2c(C(C)C)[nH]c3ccccc23)cc1)N(C)CCc1ccc(OC)c(OC)c1. The fourth-order valence-electron chi connectivity index (χ4n) is 4.78. The van der Waals surface area contributed by atoms with Crippen LogP contribution < -0.4 is 14.2 Å². The van der Waals surface area contributed by atoms with Crippen molar-refractivity contribution in [3.8, 4) is 17.2 Å². The number of hydrogen-bond donors (Lipinski definition) is 1. The molecule has 1 atom stereocenters. The van der Waals surface area contributed by atoms with E-state index in [1.54, 1.807) is 38.5 Å². The quantitative estimate of drug-likeness (QED) is 0.205. The van der Waals surface area contributed by atoms with Crippen LogP contribution in [0.3, 0.4) is 0 Å². The van der Waals surface area contributed by atoms with Gasteiger partial charge in [0.15, 0.2) is 17.7 Å². The van der Waals surface area contributed by atoms with Gasteiger partial charge in [-0.2, -0.15) is 0 Å². The zero-order valence-corrected chi connectivity index (χ0v) is 24.3. The van der Waals surface area contributed by atoms with Crippen molar-refractivity contribution in [1.82, 2.24) is 9.88 Å². The summed E-state index contributed by atoms with van der Waals surface area (Å²) < 4.78 is 44.5. The van der Waals surface area contributed by atoms with Crippen molar-refractivity contribution in [3.63, 3.8) is 0 Å². The highest BCUT2D eigenvalue weighted by Crippen LogP contribution is 2.35. The fourth-order valence-corrected chi connectivity index (χ4v) is 6.55. The lowest BCUT2D eigenvalue weighted by molar-refractivity contribution is 0.0427. The zero-order valence-electron chi connectivity index (χ0n) is 23.5. The van der Waals surface area contributed by atoms with Crippen LogP contribution in [-0.2, 0) is 16.3 Å². The van der Waals surface area contributed by atoms with Crippen LogP contribution in [0.4, 0.5) is 0 Å². The van der Waals surface area contributed by atoms with Crippen molar-refractivity contribution in [2.24, 2.45) is 0 Å². The Morgan fingerprint density at radius 1 is 0.923 bits per heavy atom. The third-order valence-electron chi connectivity index (χ3n) is 6.98. The molecule has 1 N–H and O–H groups in total. The number of para-hydroxylation sites is 1. The van der Waals surface area contributed by atoms with Crippen molar-refractivity contribution >= 4 is 20.7 Å². The monoisotopic (exact) mass is 550 g/mol. The first kappa shape index (κ1) is 28.5. The number of benzene rings is 3. The van der Waals surface area contributed by atoms with E-state index in [-0.39, 0.29) is 17.0 Å². The lowest BCUT2D eigenvalue weighted by atomic mass is 10.1. The molecule has 0 aliphatic heterocycles. The molecule has 0 spiro atoms. The van der Waals surface area contributed by atoms with Crippen LogP contribution in [0.5, 0.6) is 17.2 Å². The van der Waals surface area contributed by atoms with Gasteiger partial charge in [0.05, 0.1) is 19.1 Å². The Hall–Kier alpha value is -3.49. The van der Waals surface area contributed by atoms with Crippen molar-refractivity contribution < 1.29 is 22.6 Å². The van der Waals surface area contributed by atoms with E-state index in [0.29, 0.717) is 27.5 Å². The predicted octanol–water partition coefficient (Wildman–Crippen LogP) is 6.43. The first-order chi connectivity index (χ1) is 18.7. The number of nitrogens with one attached hydrogen (secondary N) is 1. The second-order valence-electron chi connectivity index (χ2n) is 9.94. The summed E-state index contributed by atoms with van der Waals surface area (Å²) in [5, 5.41) is 0.712. The number of likely N-dealkylation sites (N-methyl/N-ethyl adjacent to an activating group) is 1. The number of H-pyrrole nitrogens is 1. The van der Waals surface area contributed by atoms with E-state index in [2.05, 4.69) is 16.8 Å². The minimum Gasteiger partial charge on any atom is -0.493 e. The van der Waals surface area contributed by atoms with Gasteiger partial charge in [-0.3, -0.25) is 4.90 Å². The molecule has 208 valence electrons. The van der Waals surface area contributed by atoms with Crippen LogP contribution >= 0.6 is 0 Å². The fraction of sp³-hybridized carbons (Fsp3) is 0.355. The van der Waals surface area contributed by atoms with E-state index in [1.807, 2.05) is 63.4 Å². The number of hydrogen-bond acceptors (Lipinski definition) is 6. The number of sulfone groups is 1. The van der Waals surface area contributed by atoms with Crippen LogP contribution in [0.15, 0.2) is 76.5 Å². The number of rotatable bonds is 12. The molecule has 4 aromatic rings. The molecule has 1 heterocycles. The van der Waals surface area contributed by atoms with Gasteiger partial charge in [0.25, 0.3) is 0 Å². The van der Waals surface area contributed by atoms with Gasteiger partial charge in [0.1, 0.15) is 10.6 Å². The minimum atomic E-state index is -3.73. The topological polar surface area (TPSA) is 80.9 Å². The maximum Gasteiger partial charge on any atom is 0.208 e. The van der Waals surface area contributed by atoms with Gasteiger partial charge in [-0.25, -0.2) is 8.42 Å². The Morgan fingerprint density at radius 2 is 1.62 bits per heavy atom. The summed E-state index contributed by atoms with van der Waals surface area (Å²) in [4.78, 5) is 6.06. The van der Waals surface area contributed by atoms with Gasteiger partial charge in [0, 0.05) is 23.1 Å². The molecule has 0 amide bonds. The van der Waals surface area contributed by atoms with Crippen LogP contribution in [0.25, 0.3) is 10.9 Å². The minimum absolute atomic E-state index is 0.0321. The van der Waals surface area contributed by atoms with Crippen LogP contribution in [-0.4, -0.2) is 52.3 Å². The van der Waals surface area contributed by atoms with Crippen molar-refractivity contribution in [2.45, 2.75) is 55.5 Å². The zero-order chi connectivity index (χ0) is 28.2. The van der Waals surface area contributed by atoms with Gasteiger partial charge >= 0.3 is 0 Å². The largest absolute Gasteiger partial charge is 0.493 e. The molecular weight excluding hydrogens is 512 g/mol. The highest BCUT2D eigenvalue weighted by Gasteiger charge is 2.27. The molecule has 1 unspecified atom stereocenters. The van der Waals surface area contributed by atoms with Gasteiger partial charge in [-0.15, -0.1) is 0 Å². The molecule has 0 radical (unpaired) electrons. The van der Waals surface area contributed by atoms with Crippen LogP contribution in [0.2, 0.25) is 0 Å². The van der Waals surface area contributed by atoms with E-state index in [0.717, 1.165) is 36.2 Å². The Labute approximate surface area is 231 Å². The Morgan fingerprint density at radius 3 is 2.26 bits per heavy atom. The second-order valence-corrected chi connectivity index (χ2v) is 11.8. The van der Waals surface area contributed by atoms with Gasteiger partial charge < -0.3 is 19.2 Å². The van der Waals surface area contributed by atoms with Gasteiger partial charge in [0.2, 0.25) is 9.84 Å². The maximum atomic E-state index is 13.8. The van der Waals surface area contributed by atoms with Crippen molar-refractivity contribution in [3.05, 3.63) is 78.0 Å². The third kappa shape index (κ3) is 6.07. The van der Waals surface area contributed by atoms with Crippen LogP contribution in [0.1, 0.15) is 44.4 Å². The summed E-state index contributed by atoms with van der Waals surface area (Å²) in [6, 6.07) is 20.2. The lowest BCUT2D eigenvalue weighted by Gasteiger charge is -2.28. The number of aromatic nitrogens is 1. The van der Waals surface area contributed by atoms with E-state index < -0.39 is 9.84 Å². The number of fused-ring (bicyclic) bond motifs is 1. The molecule has 8 heteroatoms. The summed E-state index contributed by atoms with van der Waals surface area (Å²) >= 11 is 0. The number of methoxy groups -OCH3 is 2. The molecule has 1 aromatic heterocycles. The number of aromatic amines is 1. The third-order valence-corrected chi connectivity index (χ3v) is 8.85. The molecule has 0 aliphatic rings. The normalized spacial score (nSPS) is 12.7. The summed E-state index contributed by atoms with van der Waals surface area (Å²) in [5.74, 6) is 2.08. The van der Waals surface area contributed by atoms with Crippen molar-refractivity contribution in [2.75, 3.05) is 27.8 Å². The molecule has 0 fully saturated rings. The Kier molecular flexibility index (Phi) is 8.87. The van der Waals surface area contributed by atoms with Gasteiger partial charge in [-0.05, 0) is 73.8 Å². The molecule has 39 heavy (non-hydrogen) atoms. The molecule has 0 bridgehead atoms. The van der Waals surface area contributed by atoms with E-state index >= 15 is 0 Å². The molecule has 0 saturated carbocycles. The molecular formula is C31H38N2O5S. The first-order valence-electron chi connectivity index (χ1n) is 13.2. The standard InChI is InChI=1S/C31H38N2O5S/c1-7-29(33(4)19-18-22-12-17-27(36-5)28(20-22)37-6)38-23-13-15-24(16-14-23)39(34,35)31-25-10-8-9-11-26(25)32-30(31)21(2)3/h8-17,20-21,29,32H,7,18-19H2,1-6H3. The highest BCUT2D eigenvalue weighted by atomic mass is 32.2. The predicted molar refractivity (Wildman–Crippen MR) is 155 cm³/mol. The average molecular weight is 551 g/mol. The molecule has 7 nitrogen and oxygen atoms in total.